The molecule has 1 aromatic heterocycles. The predicted octanol–water partition coefficient (Wildman–Crippen LogP) is 2.09. The molecule has 0 amide bonds. The molecule has 1 rings (SSSR count). The second-order valence-corrected chi connectivity index (χ2v) is 4.26. The van der Waals surface area contributed by atoms with Crippen molar-refractivity contribution in [1.82, 2.24) is 10.3 Å². The minimum Gasteiger partial charge on any atom is -0.386 e. The van der Waals surface area contributed by atoms with Crippen LogP contribution < -0.4 is 5.32 Å². The Morgan fingerprint density at radius 2 is 2.43 bits per heavy atom. The van der Waals surface area contributed by atoms with Crippen molar-refractivity contribution in [1.29, 1.82) is 0 Å². The topological polar surface area (TPSA) is 45.2 Å². The van der Waals surface area contributed by atoms with Crippen LogP contribution in [0.1, 0.15) is 43.0 Å². The van der Waals surface area contributed by atoms with Gasteiger partial charge < -0.3 is 10.4 Å². The Morgan fingerprint density at radius 1 is 1.64 bits per heavy atom. The van der Waals surface area contributed by atoms with Crippen LogP contribution in [0.4, 0.5) is 0 Å². The summed E-state index contributed by atoms with van der Waals surface area (Å²) in [4.78, 5) is 4.36. The minimum atomic E-state index is -0.370. The third-order valence-electron chi connectivity index (χ3n) is 2.04. The molecule has 0 aliphatic carbocycles. The average Bonchev–Trinajstić information content (AvgIpc) is 2.63. The number of unbranched alkanes of at least 4 members (excludes halogenated alkanes) is 1. The van der Waals surface area contributed by atoms with Gasteiger partial charge in [0.05, 0.1) is 5.69 Å². The van der Waals surface area contributed by atoms with E-state index in [4.69, 9.17) is 0 Å². The highest BCUT2D eigenvalue weighted by molar-refractivity contribution is 7.09. The van der Waals surface area contributed by atoms with E-state index in [-0.39, 0.29) is 6.10 Å². The molecular weight excluding hydrogens is 196 g/mol. The van der Waals surface area contributed by atoms with E-state index in [2.05, 4.69) is 17.2 Å². The molecule has 1 unspecified atom stereocenters. The number of nitrogens with zero attached hydrogens (tertiary/aromatic N) is 1. The van der Waals surface area contributed by atoms with Gasteiger partial charge in [0.2, 0.25) is 0 Å². The van der Waals surface area contributed by atoms with Crippen LogP contribution in [-0.2, 0) is 6.54 Å². The summed E-state index contributed by atoms with van der Waals surface area (Å²) in [7, 11) is 1.90. The van der Waals surface area contributed by atoms with E-state index in [9.17, 15) is 5.11 Å². The second kappa shape index (κ2) is 6.11. The Hall–Kier alpha value is -0.450. The van der Waals surface area contributed by atoms with E-state index in [0.29, 0.717) is 0 Å². The molecule has 0 aromatic carbocycles. The normalized spacial score (nSPS) is 13.1. The van der Waals surface area contributed by atoms with Crippen molar-refractivity contribution in [2.45, 2.75) is 38.8 Å². The summed E-state index contributed by atoms with van der Waals surface area (Å²) in [5.74, 6) is 0. The molecule has 1 atom stereocenters. The van der Waals surface area contributed by atoms with Gasteiger partial charge in [0.25, 0.3) is 0 Å². The van der Waals surface area contributed by atoms with Crippen molar-refractivity contribution in [3.05, 3.63) is 16.1 Å². The lowest BCUT2D eigenvalue weighted by Crippen LogP contribution is -2.05. The maximum Gasteiger partial charge on any atom is 0.122 e. The van der Waals surface area contributed by atoms with E-state index in [1.165, 1.54) is 0 Å². The largest absolute Gasteiger partial charge is 0.386 e. The Kier molecular flexibility index (Phi) is 5.07. The van der Waals surface area contributed by atoms with Gasteiger partial charge in [-0.1, -0.05) is 19.8 Å². The van der Waals surface area contributed by atoms with Gasteiger partial charge in [-0.15, -0.1) is 11.3 Å². The molecule has 0 saturated carbocycles. The van der Waals surface area contributed by atoms with Crippen molar-refractivity contribution >= 4 is 11.3 Å². The van der Waals surface area contributed by atoms with E-state index in [1.807, 2.05) is 12.4 Å². The van der Waals surface area contributed by atoms with Gasteiger partial charge in [-0.25, -0.2) is 4.98 Å². The highest BCUT2D eigenvalue weighted by Crippen LogP contribution is 2.22. The van der Waals surface area contributed by atoms with Crippen LogP contribution in [0.15, 0.2) is 5.38 Å². The SMILES string of the molecule is CCCCC(O)c1nc(CNC)cs1. The lowest BCUT2D eigenvalue weighted by Gasteiger charge is -2.05. The summed E-state index contributed by atoms with van der Waals surface area (Å²) in [5, 5.41) is 15.7. The summed E-state index contributed by atoms with van der Waals surface area (Å²) < 4.78 is 0. The van der Waals surface area contributed by atoms with Crippen molar-refractivity contribution in [2.24, 2.45) is 0 Å². The van der Waals surface area contributed by atoms with Crippen molar-refractivity contribution in [3.8, 4) is 0 Å². The fraction of sp³-hybridized carbons (Fsp3) is 0.700. The zero-order chi connectivity index (χ0) is 10.4. The van der Waals surface area contributed by atoms with Crippen molar-refractivity contribution < 1.29 is 5.11 Å². The van der Waals surface area contributed by atoms with Crippen LogP contribution in [0.2, 0.25) is 0 Å². The molecule has 1 aromatic rings. The third kappa shape index (κ3) is 3.36. The van der Waals surface area contributed by atoms with Crippen LogP contribution in [-0.4, -0.2) is 17.1 Å². The molecule has 4 heteroatoms. The number of thiazole rings is 1. The molecule has 0 radical (unpaired) electrons. The van der Waals surface area contributed by atoms with Gasteiger partial charge in [0, 0.05) is 11.9 Å². The van der Waals surface area contributed by atoms with Gasteiger partial charge in [-0.05, 0) is 13.5 Å². The number of nitrogens with one attached hydrogen (secondary N) is 1. The first-order valence-corrected chi connectivity index (χ1v) is 5.92. The van der Waals surface area contributed by atoms with Crippen LogP contribution in [0.3, 0.4) is 0 Å². The summed E-state index contributed by atoms with van der Waals surface area (Å²) in [6, 6.07) is 0. The van der Waals surface area contributed by atoms with Gasteiger partial charge in [-0.2, -0.15) is 0 Å². The Labute approximate surface area is 89.2 Å². The maximum atomic E-state index is 9.76. The molecule has 3 nitrogen and oxygen atoms in total. The van der Waals surface area contributed by atoms with E-state index in [1.54, 1.807) is 11.3 Å². The second-order valence-electron chi connectivity index (χ2n) is 3.37. The summed E-state index contributed by atoms with van der Waals surface area (Å²) >= 11 is 1.55. The predicted molar refractivity (Wildman–Crippen MR) is 59.4 cm³/mol. The number of rotatable bonds is 6. The Morgan fingerprint density at radius 3 is 3.07 bits per heavy atom. The van der Waals surface area contributed by atoms with Crippen molar-refractivity contribution in [3.63, 3.8) is 0 Å². The van der Waals surface area contributed by atoms with E-state index in [0.717, 1.165) is 36.5 Å². The lowest BCUT2D eigenvalue weighted by atomic mass is 10.2. The van der Waals surface area contributed by atoms with Crippen LogP contribution in [0.25, 0.3) is 0 Å². The highest BCUT2D eigenvalue weighted by atomic mass is 32.1. The number of aliphatic hydroxyl groups excluding tert-OH is 1. The zero-order valence-electron chi connectivity index (χ0n) is 8.79. The van der Waals surface area contributed by atoms with E-state index >= 15 is 0 Å². The molecule has 0 spiro atoms. The lowest BCUT2D eigenvalue weighted by molar-refractivity contribution is 0.163. The number of aromatic nitrogens is 1. The van der Waals surface area contributed by atoms with Crippen LogP contribution >= 0.6 is 11.3 Å². The summed E-state index contributed by atoms with van der Waals surface area (Å²) in [5.41, 5.74) is 1.02. The molecule has 0 aliphatic heterocycles. The molecule has 0 fully saturated rings. The molecule has 0 bridgehead atoms. The molecule has 0 aliphatic rings. The molecular formula is C10H18N2OS. The fourth-order valence-corrected chi connectivity index (χ4v) is 2.10. The fourth-order valence-electron chi connectivity index (χ4n) is 1.26. The first-order valence-electron chi connectivity index (χ1n) is 5.05. The standard InChI is InChI=1S/C10H18N2OS/c1-3-4-5-9(13)10-12-8(6-11-2)7-14-10/h7,9,11,13H,3-6H2,1-2H3. The zero-order valence-corrected chi connectivity index (χ0v) is 9.60. The monoisotopic (exact) mass is 214 g/mol. The Balaban J connectivity index is 2.48. The number of hydrogen-bond donors (Lipinski definition) is 2. The third-order valence-corrected chi connectivity index (χ3v) is 3.04. The van der Waals surface area contributed by atoms with Crippen LogP contribution in [0, 0.1) is 0 Å². The summed E-state index contributed by atoms with van der Waals surface area (Å²) in [6.07, 6.45) is 2.63. The first-order chi connectivity index (χ1) is 6.77. The molecule has 14 heavy (non-hydrogen) atoms. The van der Waals surface area contributed by atoms with Gasteiger partial charge >= 0.3 is 0 Å². The van der Waals surface area contributed by atoms with Crippen molar-refractivity contribution in [2.75, 3.05) is 7.05 Å². The maximum absolute atomic E-state index is 9.76. The molecule has 1 heterocycles. The number of aliphatic hydroxyl groups is 1. The van der Waals surface area contributed by atoms with E-state index < -0.39 is 0 Å². The van der Waals surface area contributed by atoms with Gasteiger partial charge in [-0.3, -0.25) is 0 Å². The Bertz CT molecular complexity index is 262. The highest BCUT2D eigenvalue weighted by Gasteiger charge is 2.11. The minimum absolute atomic E-state index is 0.370. The smallest absolute Gasteiger partial charge is 0.122 e. The van der Waals surface area contributed by atoms with Gasteiger partial charge in [0.15, 0.2) is 0 Å². The molecule has 2 N–H and O–H groups in total. The number of hydrogen-bond acceptors (Lipinski definition) is 4. The average molecular weight is 214 g/mol. The molecule has 0 saturated heterocycles. The molecule has 80 valence electrons. The summed E-state index contributed by atoms with van der Waals surface area (Å²) in [6.45, 7) is 2.90. The van der Waals surface area contributed by atoms with Gasteiger partial charge in [0.1, 0.15) is 11.1 Å². The quantitative estimate of drug-likeness (QED) is 0.762. The van der Waals surface area contributed by atoms with Crippen LogP contribution in [0.5, 0.6) is 0 Å². The first kappa shape index (κ1) is 11.6.